The summed E-state index contributed by atoms with van der Waals surface area (Å²) in [7, 11) is 1.50. The highest BCUT2D eigenvalue weighted by Crippen LogP contribution is 2.35. The van der Waals surface area contributed by atoms with Crippen molar-refractivity contribution in [2.75, 3.05) is 26.7 Å². The van der Waals surface area contributed by atoms with Gasteiger partial charge in [0, 0.05) is 24.6 Å². The Bertz CT molecular complexity index is 763. The Balaban J connectivity index is 2.10. The van der Waals surface area contributed by atoms with E-state index in [4.69, 9.17) is 10.00 Å². The van der Waals surface area contributed by atoms with Crippen molar-refractivity contribution in [3.8, 4) is 11.8 Å². The fraction of sp³-hybridized carbons (Fsp3) is 0.571. The topological polar surface area (TPSA) is 94.5 Å². The molecule has 1 aromatic rings. The quantitative estimate of drug-likeness (QED) is 0.683. The van der Waals surface area contributed by atoms with Gasteiger partial charge >= 0.3 is 6.03 Å². The van der Waals surface area contributed by atoms with Crippen LogP contribution in [0, 0.1) is 23.1 Å². The molecule has 0 aliphatic carbocycles. The average molecular weight is 404 g/mol. The lowest BCUT2D eigenvalue weighted by molar-refractivity contribution is -0.123. The van der Waals surface area contributed by atoms with E-state index in [1.807, 2.05) is 19.9 Å². The van der Waals surface area contributed by atoms with E-state index in [1.165, 1.54) is 13.2 Å². The number of carbonyl (C=O) groups excluding carboxylic acids is 2. The summed E-state index contributed by atoms with van der Waals surface area (Å²) in [5.41, 5.74) is 0.484. The average Bonchev–Trinajstić information content (AvgIpc) is 2.70. The van der Waals surface area contributed by atoms with Gasteiger partial charge in [0.2, 0.25) is 5.91 Å². The largest absolute Gasteiger partial charge is 0.496 e. The standard InChI is InChI=1S/C21H29FN4O3/c1-14(2)12-17(20(27)24-10-9-23)25-21(28)26-11-5-6-15(13-26)19-16(22)7-4-8-18(19)29-3/h4,7-8,14-15,17H,5-6,10-13H2,1-3H3,(H,24,27)(H,25,28). The number of ether oxygens (including phenoxy) is 1. The SMILES string of the molecule is COc1cccc(F)c1C1CCCN(C(=O)NC(CC(C)C)C(=O)NCC#N)C1. The van der Waals surface area contributed by atoms with E-state index in [0.717, 1.165) is 12.8 Å². The first-order chi connectivity index (χ1) is 13.9. The number of piperidine rings is 1. The van der Waals surface area contributed by atoms with Crippen molar-refractivity contribution in [3.05, 3.63) is 29.6 Å². The molecule has 1 aliphatic heterocycles. The molecule has 1 saturated heterocycles. The van der Waals surface area contributed by atoms with Crippen LogP contribution in [0.5, 0.6) is 5.75 Å². The van der Waals surface area contributed by atoms with Gasteiger partial charge in [-0.3, -0.25) is 4.79 Å². The number of hydrogen-bond acceptors (Lipinski definition) is 4. The molecule has 0 saturated carbocycles. The first kappa shape index (κ1) is 22.5. The molecule has 1 aliphatic rings. The molecule has 2 N–H and O–H groups in total. The fourth-order valence-corrected chi connectivity index (χ4v) is 3.68. The second-order valence-electron chi connectivity index (χ2n) is 7.65. The van der Waals surface area contributed by atoms with Crippen molar-refractivity contribution in [3.63, 3.8) is 0 Å². The first-order valence-electron chi connectivity index (χ1n) is 9.89. The van der Waals surface area contributed by atoms with E-state index in [2.05, 4.69) is 10.6 Å². The summed E-state index contributed by atoms with van der Waals surface area (Å²) in [6.45, 7) is 4.68. The number of halogens is 1. The van der Waals surface area contributed by atoms with Gasteiger partial charge in [0.25, 0.3) is 0 Å². The lowest BCUT2D eigenvalue weighted by Crippen LogP contribution is -2.53. The van der Waals surface area contributed by atoms with Gasteiger partial charge < -0.3 is 20.3 Å². The molecule has 0 radical (unpaired) electrons. The molecule has 0 bridgehead atoms. The van der Waals surface area contributed by atoms with Gasteiger partial charge in [-0.2, -0.15) is 5.26 Å². The van der Waals surface area contributed by atoms with Crippen LogP contribution in [-0.2, 0) is 4.79 Å². The number of nitriles is 1. The molecule has 29 heavy (non-hydrogen) atoms. The van der Waals surface area contributed by atoms with Crippen LogP contribution in [0.4, 0.5) is 9.18 Å². The molecule has 2 rings (SSSR count). The van der Waals surface area contributed by atoms with Crippen LogP contribution in [0.2, 0.25) is 0 Å². The van der Waals surface area contributed by atoms with Gasteiger partial charge in [0.05, 0.1) is 13.2 Å². The Labute approximate surface area is 171 Å². The molecule has 0 aromatic heterocycles. The molecule has 3 amide bonds. The van der Waals surface area contributed by atoms with E-state index in [9.17, 15) is 14.0 Å². The molecular formula is C21H29FN4O3. The summed E-state index contributed by atoms with van der Waals surface area (Å²) < 4.78 is 19.8. The van der Waals surface area contributed by atoms with Crippen LogP contribution >= 0.6 is 0 Å². The predicted molar refractivity (Wildman–Crippen MR) is 107 cm³/mol. The maximum atomic E-state index is 14.4. The van der Waals surface area contributed by atoms with Gasteiger partial charge in [0.15, 0.2) is 0 Å². The summed E-state index contributed by atoms with van der Waals surface area (Å²) >= 11 is 0. The number of benzene rings is 1. The molecule has 8 heteroatoms. The number of nitrogens with zero attached hydrogens (tertiary/aromatic N) is 2. The van der Waals surface area contributed by atoms with E-state index in [-0.39, 0.29) is 36.1 Å². The van der Waals surface area contributed by atoms with E-state index >= 15 is 0 Å². The van der Waals surface area contributed by atoms with Gasteiger partial charge in [-0.25, -0.2) is 9.18 Å². The molecule has 0 spiro atoms. The van der Waals surface area contributed by atoms with Gasteiger partial charge in [-0.05, 0) is 37.3 Å². The molecular weight excluding hydrogens is 375 g/mol. The molecule has 7 nitrogen and oxygen atoms in total. The Hall–Kier alpha value is -2.82. The molecule has 158 valence electrons. The fourth-order valence-electron chi connectivity index (χ4n) is 3.68. The van der Waals surface area contributed by atoms with Crippen molar-refractivity contribution in [1.29, 1.82) is 5.26 Å². The summed E-state index contributed by atoms with van der Waals surface area (Å²) in [6, 6.07) is 5.49. The van der Waals surface area contributed by atoms with E-state index in [0.29, 0.717) is 30.8 Å². The van der Waals surface area contributed by atoms with Crippen LogP contribution in [0.3, 0.4) is 0 Å². The van der Waals surface area contributed by atoms with Crippen molar-refractivity contribution in [2.24, 2.45) is 5.92 Å². The van der Waals surface area contributed by atoms with Crippen molar-refractivity contribution >= 4 is 11.9 Å². The second kappa shape index (κ2) is 10.6. The number of methoxy groups -OCH3 is 1. The molecule has 1 fully saturated rings. The monoisotopic (exact) mass is 404 g/mol. The van der Waals surface area contributed by atoms with E-state index in [1.54, 1.807) is 17.0 Å². The normalized spacial score (nSPS) is 17.4. The number of likely N-dealkylation sites (tertiary alicyclic amines) is 1. The summed E-state index contributed by atoms with van der Waals surface area (Å²) in [6.07, 6.45) is 1.94. The van der Waals surface area contributed by atoms with Crippen LogP contribution in [0.1, 0.15) is 44.6 Å². The number of urea groups is 1. The number of rotatable bonds is 7. The molecule has 1 aromatic carbocycles. The number of amides is 3. The Morgan fingerprint density at radius 1 is 1.41 bits per heavy atom. The number of nitrogens with one attached hydrogen (secondary N) is 2. The van der Waals surface area contributed by atoms with Crippen molar-refractivity contribution in [1.82, 2.24) is 15.5 Å². The zero-order valence-electron chi connectivity index (χ0n) is 17.2. The Morgan fingerprint density at radius 3 is 2.83 bits per heavy atom. The molecule has 2 unspecified atom stereocenters. The smallest absolute Gasteiger partial charge is 0.318 e. The zero-order chi connectivity index (χ0) is 21.4. The zero-order valence-corrected chi connectivity index (χ0v) is 17.2. The highest BCUT2D eigenvalue weighted by molar-refractivity contribution is 5.87. The van der Waals surface area contributed by atoms with Gasteiger partial charge in [0.1, 0.15) is 24.2 Å². The maximum absolute atomic E-state index is 14.4. The number of carbonyl (C=O) groups is 2. The molecule has 1 heterocycles. The lowest BCUT2D eigenvalue weighted by Gasteiger charge is -2.34. The van der Waals surface area contributed by atoms with Gasteiger partial charge in [-0.1, -0.05) is 19.9 Å². The lowest BCUT2D eigenvalue weighted by atomic mass is 9.89. The Kier molecular flexibility index (Phi) is 8.25. The third-order valence-corrected chi connectivity index (χ3v) is 5.01. The van der Waals surface area contributed by atoms with Gasteiger partial charge in [-0.15, -0.1) is 0 Å². The van der Waals surface area contributed by atoms with Crippen LogP contribution < -0.4 is 15.4 Å². The maximum Gasteiger partial charge on any atom is 0.318 e. The van der Waals surface area contributed by atoms with Crippen LogP contribution in [-0.4, -0.2) is 49.6 Å². The van der Waals surface area contributed by atoms with Crippen molar-refractivity contribution in [2.45, 2.75) is 45.1 Å². The Morgan fingerprint density at radius 2 is 2.17 bits per heavy atom. The first-order valence-corrected chi connectivity index (χ1v) is 9.89. The minimum Gasteiger partial charge on any atom is -0.496 e. The highest BCUT2D eigenvalue weighted by atomic mass is 19.1. The summed E-state index contributed by atoms with van der Waals surface area (Å²) in [5, 5.41) is 14.0. The minimum absolute atomic E-state index is 0.109. The second-order valence-corrected chi connectivity index (χ2v) is 7.65. The van der Waals surface area contributed by atoms with E-state index < -0.39 is 6.04 Å². The van der Waals surface area contributed by atoms with Crippen molar-refractivity contribution < 1.29 is 18.7 Å². The van der Waals surface area contributed by atoms with Crippen LogP contribution in [0.25, 0.3) is 0 Å². The highest BCUT2D eigenvalue weighted by Gasteiger charge is 2.31. The third kappa shape index (κ3) is 6.08. The number of hydrogen-bond donors (Lipinski definition) is 2. The predicted octanol–water partition coefficient (Wildman–Crippen LogP) is 2.78. The van der Waals surface area contributed by atoms with Crippen LogP contribution in [0.15, 0.2) is 18.2 Å². The summed E-state index contributed by atoms with van der Waals surface area (Å²) in [4.78, 5) is 26.8. The third-order valence-electron chi connectivity index (χ3n) is 5.01. The minimum atomic E-state index is -0.723. The molecule has 2 atom stereocenters. The summed E-state index contributed by atoms with van der Waals surface area (Å²) in [5.74, 6) is -0.236.